The van der Waals surface area contributed by atoms with Crippen LogP contribution in [0.3, 0.4) is 0 Å². The van der Waals surface area contributed by atoms with Crippen LogP contribution < -0.4 is 10.1 Å². The minimum atomic E-state index is -0.231. The maximum atomic E-state index is 12.4. The highest BCUT2D eigenvalue weighted by Gasteiger charge is 2.13. The lowest BCUT2D eigenvalue weighted by atomic mass is 10.1. The van der Waals surface area contributed by atoms with E-state index in [2.05, 4.69) is 38.0 Å². The Labute approximate surface area is 165 Å². The standard InChI is InChI=1S/C20H18BrN3O3/c1-3-5-13-10-15(8-9-17(13)26-2)20(25)22-12-18-23-19(24-27-18)14-6-4-7-16(21)11-14/h3-4,6-11H,1,5,12H2,2H3,(H,22,25). The summed E-state index contributed by atoms with van der Waals surface area (Å²) in [6, 6.07) is 12.9. The number of allylic oxidation sites excluding steroid dienone is 1. The van der Waals surface area contributed by atoms with Gasteiger partial charge in [0.15, 0.2) is 0 Å². The fourth-order valence-corrected chi connectivity index (χ4v) is 2.96. The number of carbonyl (C=O) groups excluding carboxylic acids is 1. The number of nitrogens with one attached hydrogen (secondary N) is 1. The van der Waals surface area contributed by atoms with E-state index in [9.17, 15) is 4.79 Å². The molecule has 0 aliphatic carbocycles. The molecule has 3 rings (SSSR count). The molecule has 0 radical (unpaired) electrons. The summed E-state index contributed by atoms with van der Waals surface area (Å²) < 4.78 is 11.4. The van der Waals surface area contributed by atoms with Crippen molar-refractivity contribution in [2.24, 2.45) is 0 Å². The van der Waals surface area contributed by atoms with Gasteiger partial charge in [-0.2, -0.15) is 4.98 Å². The number of amides is 1. The molecule has 1 N–H and O–H groups in total. The first-order valence-electron chi connectivity index (χ1n) is 8.25. The van der Waals surface area contributed by atoms with Gasteiger partial charge in [0.1, 0.15) is 5.75 Å². The smallest absolute Gasteiger partial charge is 0.251 e. The second kappa shape index (κ2) is 8.64. The molecule has 138 valence electrons. The van der Waals surface area contributed by atoms with E-state index in [-0.39, 0.29) is 12.5 Å². The average molecular weight is 428 g/mol. The molecule has 1 amide bonds. The second-order valence-corrected chi connectivity index (χ2v) is 6.64. The van der Waals surface area contributed by atoms with Crippen molar-refractivity contribution in [3.8, 4) is 17.1 Å². The number of aromatic nitrogens is 2. The summed E-state index contributed by atoms with van der Waals surface area (Å²) >= 11 is 3.41. The predicted octanol–water partition coefficient (Wildman–Crippen LogP) is 4.17. The minimum absolute atomic E-state index is 0.142. The van der Waals surface area contributed by atoms with Crippen LogP contribution in [0.15, 0.2) is 64.1 Å². The SMILES string of the molecule is C=CCc1cc(C(=O)NCc2nc(-c3cccc(Br)c3)no2)ccc1OC. The quantitative estimate of drug-likeness (QED) is 0.572. The van der Waals surface area contributed by atoms with Gasteiger partial charge in [0.25, 0.3) is 5.91 Å². The lowest BCUT2D eigenvalue weighted by Crippen LogP contribution is -2.23. The second-order valence-electron chi connectivity index (χ2n) is 5.72. The molecule has 6 nitrogen and oxygen atoms in total. The van der Waals surface area contributed by atoms with Crippen LogP contribution in [0.1, 0.15) is 21.8 Å². The van der Waals surface area contributed by atoms with Gasteiger partial charge in [0.2, 0.25) is 11.7 Å². The van der Waals surface area contributed by atoms with Crippen molar-refractivity contribution in [1.29, 1.82) is 0 Å². The summed E-state index contributed by atoms with van der Waals surface area (Å²) in [6.45, 7) is 3.87. The number of hydrogen-bond donors (Lipinski definition) is 1. The average Bonchev–Trinajstić information content (AvgIpc) is 3.15. The first-order valence-corrected chi connectivity index (χ1v) is 9.04. The van der Waals surface area contributed by atoms with Gasteiger partial charge >= 0.3 is 0 Å². The molecule has 1 aromatic heterocycles. The number of carbonyl (C=O) groups is 1. The molecule has 3 aromatic rings. The Morgan fingerprint density at radius 3 is 2.93 bits per heavy atom. The van der Waals surface area contributed by atoms with Crippen LogP contribution in [0.5, 0.6) is 5.75 Å². The number of methoxy groups -OCH3 is 1. The Morgan fingerprint density at radius 2 is 2.19 bits per heavy atom. The van der Waals surface area contributed by atoms with Crippen molar-refractivity contribution in [2.75, 3.05) is 7.11 Å². The van der Waals surface area contributed by atoms with Gasteiger partial charge in [-0.1, -0.05) is 39.3 Å². The molecule has 0 atom stereocenters. The fraction of sp³-hybridized carbons (Fsp3) is 0.150. The van der Waals surface area contributed by atoms with Crippen molar-refractivity contribution in [3.05, 3.63) is 76.6 Å². The van der Waals surface area contributed by atoms with Crippen molar-refractivity contribution in [1.82, 2.24) is 15.5 Å². The zero-order chi connectivity index (χ0) is 19.2. The molecule has 0 aliphatic rings. The third-order valence-corrected chi connectivity index (χ3v) is 4.35. The predicted molar refractivity (Wildman–Crippen MR) is 105 cm³/mol. The molecule has 0 unspecified atom stereocenters. The van der Waals surface area contributed by atoms with Crippen LogP contribution in [0.2, 0.25) is 0 Å². The summed E-state index contributed by atoms with van der Waals surface area (Å²) in [5.41, 5.74) is 2.25. The molecule has 0 saturated carbocycles. The molecule has 0 fully saturated rings. The fourth-order valence-electron chi connectivity index (χ4n) is 2.56. The van der Waals surface area contributed by atoms with Crippen LogP contribution in [0.4, 0.5) is 0 Å². The molecular formula is C20H18BrN3O3. The van der Waals surface area contributed by atoms with Gasteiger partial charge in [-0.25, -0.2) is 0 Å². The Kier molecular flexibility index (Phi) is 6.03. The van der Waals surface area contributed by atoms with E-state index in [1.54, 1.807) is 31.4 Å². The molecule has 1 heterocycles. The van der Waals surface area contributed by atoms with E-state index in [1.165, 1.54) is 0 Å². The van der Waals surface area contributed by atoms with E-state index in [1.807, 2.05) is 24.3 Å². The topological polar surface area (TPSA) is 77.3 Å². The van der Waals surface area contributed by atoms with E-state index in [0.717, 1.165) is 21.3 Å². The van der Waals surface area contributed by atoms with E-state index < -0.39 is 0 Å². The normalized spacial score (nSPS) is 10.4. The first kappa shape index (κ1) is 18.8. The highest BCUT2D eigenvalue weighted by molar-refractivity contribution is 9.10. The molecule has 7 heteroatoms. The lowest BCUT2D eigenvalue weighted by Gasteiger charge is -2.09. The molecule has 0 spiro atoms. The highest BCUT2D eigenvalue weighted by atomic mass is 79.9. The Morgan fingerprint density at radius 1 is 1.33 bits per heavy atom. The van der Waals surface area contributed by atoms with Crippen molar-refractivity contribution in [2.45, 2.75) is 13.0 Å². The third kappa shape index (κ3) is 4.62. The largest absolute Gasteiger partial charge is 0.496 e. The van der Waals surface area contributed by atoms with Crippen molar-refractivity contribution < 1.29 is 14.1 Å². The van der Waals surface area contributed by atoms with Crippen molar-refractivity contribution in [3.63, 3.8) is 0 Å². The van der Waals surface area contributed by atoms with Gasteiger partial charge < -0.3 is 14.6 Å². The maximum absolute atomic E-state index is 12.4. The molecule has 0 bridgehead atoms. The van der Waals surface area contributed by atoms with Crippen LogP contribution in [0.25, 0.3) is 11.4 Å². The number of rotatable bonds is 7. The summed E-state index contributed by atoms with van der Waals surface area (Å²) in [7, 11) is 1.60. The number of ether oxygens (including phenoxy) is 1. The van der Waals surface area contributed by atoms with E-state index in [4.69, 9.17) is 9.26 Å². The number of benzene rings is 2. The third-order valence-electron chi connectivity index (χ3n) is 3.86. The summed E-state index contributed by atoms with van der Waals surface area (Å²) in [4.78, 5) is 16.7. The van der Waals surface area contributed by atoms with Crippen LogP contribution >= 0.6 is 15.9 Å². The van der Waals surface area contributed by atoms with Crippen LogP contribution in [-0.2, 0) is 13.0 Å². The van der Waals surface area contributed by atoms with E-state index >= 15 is 0 Å². The summed E-state index contributed by atoms with van der Waals surface area (Å²) in [5, 5.41) is 6.74. The minimum Gasteiger partial charge on any atom is -0.496 e. The summed E-state index contributed by atoms with van der Waals surface area (Å²) in [6.07, 6.45) is 2.38. The number of halogens is 1. The first-order chi connectivity index (χ1) is 13.1. The van der Waals surface area contributed by atoms with Gasteiger partial charge in [-0.3, -0.25) is 4.79 Å². The van der Waals surface area contributed by atoms with Gasteiger partial charge in [-0.05, 0) is 42.3 Å². The zero-order valence-electron chi connectivity index (χ0n) is 14.7. The lowest BCUT2D eigenvalue weighted by molar-refractivity contribution is 0.0946. The summed E-state index contributed by atoms with van der Waals surface area (Å²) in [5.74, 6) is 1.30. The number of hydrogen-bond acceptors (Lipinski definition) is 5. The Bertz CT molecular complexity index is 969. The van der Waals surface area contributed by atoms with E-state index in [0.29, 0.717) is 23.7 Å². The van der Waals surface area contributed by atoms with Crippen molar-refractivity contribution >= 4 is 21.8 Å². The highest BCUT2D eigenvalue weighted by Crippen LogP contribution is 2.22. The molecule has 0 saturated heterocycles. The molecular weight excluding hydrogens is 410 g/mol. The van der Waals surface area contributed by atoms with Crippen LogP contribution in [0, 0.1) is 0 Å². The van der Waals surface area contributed by atoms with Gasteiger partial charge in [0, 0.05) is 15.6 Å². The monoisotopic (exact) mass is 427 g/mol. The molecule has 27 heavy (non-hydrogen) atoms. The molecule has 0 aliphatic heterocycles. The zero-order valence-corrected chi connectivity index (χ0v) is 16.3. The number of nitrogens with zero attached hydrogens (tertiary/aromatic N) is 2. The maximum Gasteiger partial charge on any atom is 0.251 e. The molecule has 2 aromatic carbocycles. The van der Waals surface area contributed by atoms with Gasteiger partial charge in [-0.15, -0.1) is 6.58 Å². The van der Waals surface area contributed by atoms with Gasteiger partial charge in [0.05, 0.1) is 13.7 Å². The van der Waals surface area contributed by atoms with Crippen LogP contribution in [-0.4, -0.2) is 23.2 Å². The Balaban J connectivity index is 1.67. The Hall–Kier alpha value is -2.93.